The van der Waals surface area contributed by atoms with E-state index in [0.717, 1.165) is 42.3 Å². The second-order valence-corrected chi connectivity index (χ2v) is 7.92. The molecule has 3 heterocycles. The van der Waals surface area contributed by atoms with Crippen LogP contribution < -0.4 is 0 Å². The molecule has 2 aromatic rings. The Hall–Kier alpha value is -2.28. The van der Waals surface area contributed by atoms with Crippen molar-refractivity contribution in [3.05, 3.63) is 45.7 Å². The first kappa shape index (κ1) is 18.5. The van der Waals surface area contributed by atoms with Crippen LogP contribution in [0.15, 0.2) is 23.7 Å². The summed E-state index contributed by atoms with van der Waals surface area (Å²) in [6.07, 6.45) is 3.83. The minimum Gasteiger partial charge on any atom is -0.345 e. The number of hydrogen-bond donors (Lipinski definition) is 0. The lowest BCUT2D eigenvalue weighted by Crippen LogP contribution is -2.39. The first-order valence-corrected chi connectivity index (χ1v) is 9.68. The largest absolute Gasteiger partial charge is 0.345 e. The second-order valence-electron chi connectivity index (χ2n) is 6.86. The number of carbonyl (C=O) groups excluding carboxylic acids is 2. The van der Waals surface area contributed by atoms with Crippen LogP contribution in [0.1, 0.15) is 45.5 Å². The number of likely N-dealkylation sites (tertiary alicyclic amines) is 1. The summed E-state index contributed by atoms with van der Waals surface area (Å²) in [4.78, 5) is 36.7. The van der Waals surface area contributed by atoms with Gasteiger partial charge in [0.15, 0.2) is 0 Å². The molecule has 1 aliphatic rings. The number of rotatable bonds is 4. The van der Waals surface area contributed by atoms with E-state index < -0.39 is 0 Å². The molecular weight excluding hydrogens is 348 g/mol. The zero-order chi connectivity index (χ0) is 18.7. The van der Waals surface area contributed by atoms with Gasteiger partial charge in [0.2, 0.25) is 5.91 Å². The predicted octanol–water partition coefficient (Wildman–Crippen LogP) is 2.50. The maximum Gasteiger partial charge on any atom is 0.254 e. The van der Waals surface area contributed by atoms with E-state index in [0.29, 0.717) is 17.9 Å². The van der Waals surface area contributed by atoms with E-state index in [1.807, 2.05) is 29.3 Å². The molecule has 138 valence electrons. The van der Waals surface area contributed by atoms with E-state index in [1.54, 1.807) is 36.5 Å². The van der Waals surface area contributed by atoms with Crippen molar-refractivity contribution in [1.82, 2.24) is 19.8 Å². The van der Waals surface area contributed by atoms with E-state index in [-0.39, 0.29) is 11.8 Å². The van der Waals surface area contributed by atoms with Gasteiger partial charge in [0.25, 0.3) is 5.91 Å². The standard InChI is InChI=1S/C19H24N4O2S/c1-13-21-16(12-26-13)10-18(24)23-8-6-14(7-9-23)17-5-4-15(11-20-17)19(25)22(2)3/h4-5,11-12,14H,6-10H2,1-3H3. The number of pyridine rings is 1. The van der Waals surface area contributed by atoms with Crippen LogP contribution >= 0.6 is 11.3 Å². The smallest absolute Gasteiger partial charge is 0.254 e. The third-order valence-electron chi connectivity index (χ3n) is 4.70. The quantitative estimate of drug-likeness (QED) is 0.827. The van der Waals surface area contributed by atoms with Crippen LogP contribution in [0.25, 0.3) is 0 Å². The fraction of sp³-hybridized carbons (Fsp3) is 0.474. The summed E-state index contributed by atoms with van der Waals surface area (Å²) in [5.41, 5.74) is 2.47. The van der Waals surface area contributed by atoms with E-state index in [4.69, 9.17) is 0 Å². The van der Waals surface area contributed by atoms with Crippen molar-refractivity contribution in [3.8, 4) is 0 Å². The van der Waals surface area contributed by atoms with Gasteiger partial charge in [-0.3, -0.25) is 14.6 Å². The Morgan fingerprint density at radius 2 is 2.00 bits per heavy atom. The van der Waals surface area contributed by atoms with Crippen molar-refractivity contribution in [1.29, 1.82) is 0 Å². The first-order valence-electron chi connectivity index (χ1n) is 8.80. The lowest BCUT2D eigenvalue weighted by atomic mass is 9.92. The SMILES string of the molecule is Cc1nc(CC(=O)N2CCC(c3ccc(C(=O)N(C)C)cn3)CC2)cs1. The Morgan fingerprint density at radius 3 is 2.54 bits per heavy atom. The summed E-state index contributed by atoms with van der Waals surface area (Å²) in [7, 11) is 3.46. The van der Waals surface area contributed by atoms with Gasteiger partial charge in [-0.15, -0.1) is 11.3 Å². The fourth-order valence-electron chi connectivity index (χ4n) is 3.21. The highest BCUT2D eigenvalue weighted by Crippen LogP contribution is 2.27. The maximum absolute atomic E-state index is 12.4. The van der Waals surface area contributed by atoms with Gasteiger partial charge in [-0.05, 0) is 31.9 Å². The first-order chi connectivity index (χ1) is 12.4. The Balaban J connectivity index is 1.54. The maximum atomic E-state index is 12.4. The number of thiazole rings is 1. The zero-order valence-electron chi connectivity index (χ0n) is 15.4. The van der Waals surface area contributed by atoms with E-state index in [1.165, 1.54) is 0 Å². The second kappa shape index (κ2) is 7.95. The molecular formula is C19H24N4O2S. The minimum absolute atomic E-state index is 0.0401. The lowest BCUT2D eigenvalue weighted by molar-refractivity contribution is -0.131. The van der Waals surface area contributed by atoms with Gasteiger partial charge in [0.1, 0.15) is 0 Å². The molecule has 2 amide bonds. The molecule has 0 radical (unpaired) electrons. The molecule has 1 aliphatic heterocycles. The molecule has 26 heavy (non-hydrogen) atoms. The number of carbonyl (C=O) groups is 2. The number of aromatic nitrogens is 2. The fourth-order valence-corrected chi connectivity index (χ4v) is 3.82. The van der Waals surface area contributed by atoms with Gasteiger partial charge in [0.05, 0.1) is 22.7 Å². The number of amides is 2. The average Bonchev–Trinajstić information content (AvgIpc) is 3.06. The summed E-state index contributed by atoms with van der Waals surface area (Å²) < 4.78 is 0. The summed E-state index contributed by atoms with van der Waals surface area (Å²) in [6.45, 7) is 3.44. The minimum atomic E-state index is -0.0401. The van der Waals surface area contributed by atoms with Gasteiger partial charge in [-0.25, -0.2) is 4.98 Å². The van der Waals surface area contributed by atoms with Crippen LogP contribution in [0.2, 0.25) is 0 Å². The number of nitrogens with zero attached hydrogens (tertiary/aromatic N) is 4. The Bertz CT molecular complexity index is 777. The van der Waals surface area contributed by atoms with Crippen LogP contribution in [0.4, 0.5) is 0 Å². The molecule has 0 aromatic carbocycles. The highest BCUT2D eigenvalue weighted by atomic mass is 32.1. The molecule has 2 aromatic heterocycles. The molecule has 0 aliphatic carbocycles. The molecule has 0 unspecified atom stereocenters. The monoisotopic (exact) mass is 372 g/mol. The van der Waals surface area contributed by atoms with Crippen molar-refractivity contribution in [2.45, 2.75) is 32.1 Å². The Kier molecular flexibility index (Phi) is 5.66. The van der Waals surface area contributed by atoms with Crippen LogP contribution in [0.3, 0.4) is 0 Å². The number of hydrogen-bond acceptors (Lipinski definition) is 5. The van der Waals surface area contributed by atoms with Gasteiger partial charge < -0.3 is 9.80 Å². The van der Waals surface area contributed by atoms with Crippen molar-refractivity contribution in [2.75, 3.05) is 27.2 Å². The van der Waals surface area contributed by atoms with Crippen molar-refractivity contribution in [2.24, 2.45) is 0 Å². The highest BCUT2D eigenvalue weighted by molar-refractivity contribution is 7.09. The molecule has 0 bridgehead atoms. The van der Waals surface area contributed by atoms with Gasteiger partial charge in [-0.2, -0.15) is 0 Å². The molecule has 1 fully saturated rings. The number of aryl methyl sites for hydroxylation is 1. The molecule has 0 saturated carbocycles. The topological polar surface area (TPSA) is 66.4 Å². The summed E-state index contributed by atoms with van der Waals surface area (Å²) in [5, 5.41) is 2.95. The average molecular weight is 372 g/mol. The molecule has 0 spiro atoms. The molecule has 3 rings (SSSR count). The zero-order valence-corrected chi connectivity index (χ0v) is 16.3. The van der Waals surface area contributed by atoms with Crippen molar-refractivity contribution in [3.63, 3.8) is 0 Å². The van der Waals surface area contributed by atoms with Crippen molar-refractivity contribution < 1.29 is 9.59 Å². The van der Waals surface area contributed by atoms with Crippen LogP contribution in [-0.2, 0) is 11.2 Å². The van der Waals surface area contributed by atoms with E-state index >= 15 is 0 Å². The lowest BCUT2D eigenvalue weighted by Gasteiger charge is -2.31. The van der Waals surface area contributed by atoms with Gasteiger partial charge in [-0.1, -0.05) is 0 Å². The number of piperidine rings is 1. The van der Waals surface area contributed by atoms with Crippen LogP contribution in [0.5, 0.6) is 0 Å². The summed E-state index contributed by atoms with van der Waals surface area (Å²) >= 11 is 1.58. The molecule has 0 atom stereocenters. The summed E-state index contributed by atoms with van der Waals surface area (Å²) in [5.74, 6) is 0.444. The van der Waals surface area contributed by atoms with Gasteiger partial charge >= 0.3 is 0 Å². The van der Waals surface area contributed by atoms with E-state index in [9.17, 15) is 9.59 Å². The predicted molar refractivity (Wildman–Crippen MR) is 101 cm³/mol. The van der Waals surface area contributed by atoms with Crippen LogP contribution in [0, 0.1) is 6.92 Å². The third kappa shape index (κ3) is 4.27. The highest BCUT2D eigenvalue weighted by Gasteiger charge is 2.25. The van der Waals surface area contributed by atoms with Crippen LogP contribution in [-0.4, -0.2) is 58.8 Å². The molecule has 7 heteroatoms. The van der Waals surface area contributed by atoms with Gasteiger partial charge in [0, 0.05) is 50.4 Å². The molecule has 0 N–H and O–H groups in total. The summed E-state index contributed by atoms with van der Waals surface area (Å²) in [6, 6.07) is 3.78. The Morgan fingerprint density at radius 1 is 1.27 bits per heavy atom. The van der Waals surface area contributed by atoms with E-state index in [2.05, 4.69) is 9.97 Å². The normalized spacial score (nSPS) is 15.1. The molecule has 6 nitrogen and oxygen atoms in total. The third-order valence-corrected chi connectivity index (χ3v) is 5.53. The van der Waals surface area contributed by atoms with Crippen molar-refractivity contribution >= 4 is 23.2 Å². The molecule has 1 saturated heterocycles. The Labute approximate surface area is 157 Å².